The molecule has 102 valence electrons. The topological polar surface area (TPSA) is 21.3 Å². The van der Waals surface area contributed by atoms with Gasteiger partial charge in [-0.15, -0.1) is 0 Å². The van der Waals surface area contributed by atoms with E-state index in [1.165, 1.54) is 12.0 Å². The van der Waals surface area contributed by atoms with Crippen LogP contribution >= 0.6 is 0 Å². The molecule has 2 aromatic carbocycles. The van der Waals surface area contributed by atoms with E-state index in [1.807, 2.05) is 42.5 Å². The minimum Gasteiger partial charge on any atom is -0.457 e. The molecule has 0 aromatic heterocycles. The maximum absolute atomic E-state index is 5.84. The Hall–Kier alpha value is -2.06. The van der Waals surface area contributed by atoms with E-state index in [1.54, 1.807) is 0 Å². The van der Waals surface area contributed by atoms with Crippen LogP contribution < -0.4 is 10.1 Å². The number of ether oxygens (including phenoxy) is 1. The second-order valence-electron chi connectivity index (χ2n) is 5.10. The van der Waals surface area contributed by atoms with Gasteiger partial charge in [-0.25, -0.2) is 0 Å². The predicted molar refractivity (Wildman–Crippen MR) is 83.0 cm³/mol. The van der Waals surface area contributed by atoms with E-state index in [0.29, 0.717) is 5.92 Å². The standard InChI is InChI=1S/C18H19NO/c1-2-6-17(7-3-1)20-18-8-4-5-15(13-18)9-10-16-11-12-19-14-16/h1-10,13,16,19H,11-12,14H2. The van der Waals surface area contributed by atoms with Crippen LogP contribution in [-0.4, -0.2) is 13.1 Å². The van der Waals surface area contributed by atoms with Gasteiger partial charge >= 0.3 is 0 Å². The quantitative estimate of drug-likeness (QED) is 0.898. The third-order valence-electron chi connectivity index (χ3n) is 3.50. The highest BCUT2D eigenvalue weighted by Crippen LogP contribution is 2.22. The third-order valence-corrected chi connectivity index (χ3v) is 3.50. The van der Waals surface area contributed by atoms with Gasteiger partial charge in [-0.2, -0.15) is 0 Å². The number of benzene rings is 2. The van der Waals surface area contributed by atoms with Gasteiger partial charge in [0.2, 0.25) is 0 Å². The van der Waals surface area contributed by atoms with E-state index in [-0.39, 0.29) is 0 Å². The normalized spacial score (nSPS) is 18.5. The summed E-state index contributed by atoms with van der Waals surface area (Å²) in [6.45, 7) is 2.23. The number of hydrogen-bond acceptors (Lipinski definition) is 2. The Morgan fingerprint density at radius 3 is 2.65 bits per heavy atom. The Kier molecular flexibility index (Phi) is 4.14. The highest BCUT2D eigenvalue weighted by atomic mass is 16.5. The van der Waals surface area contributed by atoms with Crippen molar-refractivity contribution in [3.8, 4) is 11.5 Å². The minimum absolute atomic E-state index is 0.661. The lowest BCUT2D eigenvalue weighted by atomic mass is 10.1. The summed E-state index contributed by atoms with van der Waals surface area (Å²) in [6, 6.07) is 18.1. The summed E-state index contributed by atoms with van der Waals surface area (Å²) in [5.41, 5.74) is 1.19. The molecule has 1 N–H and O–H groups in total. The minimum atomic E-state index is 0.661. The number of hydrogen-bond donors (Lipinski definition) is 1. The molecule has 3 rings (SSSR count). The first kappa shape index (κ1) is 12.9. The van der Waals surface area contributed by atoms with Crippen molar-refractivity contribution in [1.82, 2.24) is 5.32 Å². The van der Waals surface area contributed by atoms with E-state index >= 15 is 0 Å². The fraction of sp³-hybridized carbons (Fsp3) is 0.222. The van der Waals surface area contributed by atoms with Crippen LogP contribution in [0.3, 0.4) is 0 Å². The maximum Gasteiger partial charge on any atom is 0.128 e. The molecule has 0 radical (unpaired) electrons. The molecule has 1 fully saturated rings. The van der Waals surface area contributed by atoms with Crippen LogP contribution in [-0.2, 0) is 0 Å². The van der Waals surface area contributed by atoms with E-state index in [2.05, 4.69) is 29.6 Å². The maximum atomic E-state index is 5.84. The second-order valence-corrected chi connectivity index (χ2v) is 5.10. The van der Waals surface area contributed by atoms with Crippen LogP contribution in [0.4, 0.5) is 0 Å². The van der Waals surface area contributed by atoms with E-state index in [4.69, 9.17) is 4.74 Å². The van der Waals surface area contributed by atoms with Gasteiger partial charge in [0.1, 0.15) is 11.5 Å². The molecule has 1 atom stereocenters. The SMILES string of the molecule is C(=CC1CCNC1)c1cccc(Oc2ccccc2)c1. The smallest absolute Gasteiger partial charge is 0.128 e. The molecule has 0 aliphatic carbocycles. The summed E-state index contributed by atoms with van der Waals surface area (Å²) in [5.74, 6) is 2.41. The van der Waals surface area contributed by atoms with Crippen molar-refractivity contribution in [2.75, 3.05) is 13.1 Å². The first-order valence-electron chi connectivity index (χ1n) is 7.12. The molecule has 0 saturated carbocycles. The van der Waals surface area contributed by atoms with Crippen LogP contribution in [0.15, 0.2) is 60.7 Å². The zero-order chi connectivity index (χ0) is 13.6. The zero-order valence-corrected chi connectivity index (χ0v) is 11.5. The molecule has 2 heteroatoms. The van der Waals surface area contributed by atoms with Crippen LogP contribution in [0.2, 0.25) is 0 Å². The van der Waals surface area contributed by atoms with Gasteiger partial charge in [0.05, 0.1) is 0 Å². The lowest BCUT2D eigenvalue weighted by molar-refractivity contribution is 0.482. The Labute approximate surface area is 120 Å². The van der Waals surface area contributed by atoms with Gasteiger partial charge in [0.15, 0.2) is 0 Å². The van der Waals surface area contributed by atoms with E-state index < -0.39 is 0 Å². The lowest BCUT2D eigenvalue weighted by Gasteiger charge is -2.06. The highest BCUT2D eigenvalue weighted by molar-refractivity contribution is 5.52. The van der Waals surface area contributed by atoms with Crippen molar-refractivity contribution in [3.05, 3.63) is 66.2 Å². The number of para-hydroxylation sites is 1. The fourth-order valence-corrected chi connectivity index (χ4v) is 2.39. The third kappa shape index (κ3) is 3.49. The summed E-state index contributed by atoms with van der Waals surface area (Å²) in [7, 11) is 0. The van der Waals surface area contributed by atoms with Gasteiger partial charge in [-0.1, -0.05) is 42.5 Å². The van der Waals surface area contributed by atoms with Crippen molar-refractivity contribution < 1.29 is 4.74 Å². The molecule has 0 amide bonds. The largest absolute Gasteiger partial charge is 0.457 e. The highest BCUT2D eigenvalue weighted by Gasteiger charge is 2.10. The molecule has 0 bridgehead atoms. The molecule has 1 unspecified atom stereocenters. The average Bonchev–Trinajstić information content (AvgIpc) is 3.00. The molecular formula is C18H19NO. The zero-order valence-electron chi connectivity index (χ0n) is 11.5. The van der Waals surface area contributed by atoms with Crippen molar-refractivity contribution in [2.24, 2.45) is 5.92 Å². The van der Waals surface area contributed by atoms with Gasteiger partial charge in [0, 0.05) is 6.54 Å². The van der Waals surface area contributed by atoms with Crippen LogP contribution in [0.5, 0.6) is 11.5 Å². The van der Waals surface area contributed by atoms with Crippen molar-refractivity contribution in [2.45, 2.75) is 6.42 Å². The summed E-state index contributed by atoms with van der Waals surface area (Å²) in [5, 5.41) is 3.38. The molecule has 1 aliphatic rings. The van der Waals surface area contributed by atoms with Gasteiger partial charge in [0.25, 0.3) is 0 Å². The Balaban J connectivity index is 1.69. The Morgan fingerprint density at radius 1 is 1.00 bits per heavy atom. The number of nitrogens with one attached hydrogen (secondary N) is 1. The van der Waals surface area contributed by atoms with Crippen LogP contribution in [0.25, 0.3) is 6.08 Å². The Bertz CT molecular complexity index is 571. The first-order chi connectivity index (χ1) is 9.90. The molecular weight excluding hydrogens is 246 g/mol. The molecule has 2 aromatic rings. The summed E-state index contributed by atoms with van der Waals surface area (Å²) in [4.78, 5) is 0. The lowest BCUT2D eigenvalue weighted by Crippen LogP contribution is -2.07. The van der Waals surface area contributed by atoms with Crippen LogP contribution in [0.1, 0.15) is 12.0 Å². The number of rotatable bonds is 4. The molecule has 1 aliphatic heterocycles. The van der Waals surface area contributed by atoms with Gasteiger partial charge in [-0.3, -0.25) is 0 Å². The first-order valence-corrected chi connectivity index (χ1v) is 7.12. The summed E-state index contributed by atoms with van der Waals surface area (Å²) < 4.78 is 5.84. The van der Waals surface area contributed by atoms with E-state index in [0.717, 1.165) is 24.6 Å². The molecule has 20 heavy (non-hydrogen) atoms. The monoisotopic (exact) mass is 265 g/mol. The van der Waals surface area contributed by atoms with Gasteiger partial charge < -0.3 is 10.1 Å². The second kappa shape index (κ2) is 6.40. The van der Waals surface area contributed by atoms with Crippen molar-refractivity contribution >= 4 is 6.08 Å². The summed E-state index contributed by atoms with van der Waals surface area (Å²) >= 11 is 0. The van der Waals surface area contributed by atoms with Crippen molar-refractivity contribution in [3.63, 3.8) is 0 Å². The van der Waals surface area contributed by atoms with Gasteiger partial charge in [-0.05, 0) is 48.7 Å². The average molecular weight is 265 g/mol. The predicted octanol–water partition coefficient (Wildman–Crippen LogP) is 4.10. The Morgan fingerprint density at radius 2 is 1.85 bits per heavy atom. The molecule has 2 nitrogen and oxygen atoms in total. The summed E-state index contributed by atoms with van der Waals surface area (Å²) in [6.07, 6.45) is 5.72. The van der Waals surface area contributed by atoms with Crippen molar-refractivity contribution in [1.29, 1.82) is 0 Å². The van der Waals surface area contributed by atoms with Crippen LogP contribution in [0, 0.1) is 5.92 Å². The molecule has 0 spiro atoms. The molecule has 1 saturated heterocycles. The molecule has 1 heterocycles. The fourth-order valence-electron chi connectivity index (χ4n) is 2.39. The van der Waals surface area contributed by atoms with E-state index in [9.17, 15) is 0 Å².